The van der Waals surface area contributed by atoms with Gasteiger partial charge in [-0.15, -0.1) is 0 Å². The summed E-state index contributed by atoms with van der Waals surface area (Å²) in [6.07, 6.45) is 2.68. The van der Waals surface area contributed by atoms with E-state index in [1.165, 1.54) is 0 Å². The number of rotatable bonds is 4. The fourth-order valence-electron chi connectivity index (χ4n) is 3.14. The van der Waals surface area contributed by atoms with E-state index in [9.17, 15) is 5.11 Å². The number of hydroxylamine groups is 2. The molecule has 1 aliphatic heterocycles. The van der Waals surface area contributed by atoms with E-state index in [0.29, 0.717) is 0 Å². The number of piperidine rings is 1. The average Bonchev–Trinajstić information content (AvgIpc) is 2.32. The van der Waals surface area contributed by atoms with Gasteiger partial charge in [-0.05, 0) is 47.0 Å². The van der Waals surface area contributed by atoms with Crippen molar-refractivity contribution in [2.45, 2.75) is 91.0 Å². The van der Waals surface area contributed by atoms with Crippen molar-refractivity contribution in [1.82, 2.24) is 5.06 Å². The number of aliphatic hydroxyl groups excluding tert-OH is 1. The van der Waals surface area contributed by atoms with Crippen molar-refractivity contribution >= 4 is 0 Å². The van der Waals surface area contributed by atoms with E-state index in [4.69, 9.17) is 4.84 Å². The Bertz CT molecular complexity index is 282. The van der Waals surface area contributed by atoms with Crippen LogP contribution in [0.5, 0.6) is 0 Å². The predicted octanol–water partition coefficient (Wildman–Crippen LogP) is 3.37. The van der Waals surface area contributed by atoms with Crippen LogP contribution in [0.2, 0.25) is 0 Å². The standard InChI is InChI=1S/C15H31NO2/c1-8-14(6)10-13(17)12(5)15(7,9-2)16(14)18-11(3)4/h11-13,17H,8-10H2,1-7H3. The first-order valence-corrected chi connectivity index (χ1v) is 7.36. The van der Waals surface area contributed by atoms with Crippen LogP contribution in [0.4, 0.5) is 0 Å². The van der Waals surface area contributed by atoms with Crippen molar-refractivity contribution in [3.63, 3.8) is 0 Å². The molecule has 0 aromatic carbocycles. The van der Waals surface area contributed by atoms with Gasteiger partial charge < -0.3 is 5.11 Å². The van der Waals surface area contributed by atoms with E-state index >= 15 is 0 Å². The van der Waals surface area contributed by atoms with Gasteiger partial charge in [0.25, 0.3) is 0 Å². The van der Waals surface area contributed by atoms with Gasteiger partial charge in [0.2, 0.25) is 0 Å². The van der Waals surface area contributed by atoms with Gasteiger partial charge in [-0.25, -0.2) is 0 Å². The molecule has 0 bridgehead atoms. The molecule has 1 N–H and O–H groups in total. The Morgan fingerprint density at radius 3 is 2.22 bits per heavy atom. The Labute approximate surface area is 112 Å². The Hall–Kier alpha value is -0.120. The quantitative estimate of drug-likeness (QED) is 0.838. The summed E-state index contributed by atoms with van der Waals surface area (Å²) in [4.78, 5) is 6.15. The maximum Gasteiger partial charge on any atom is 0.0737 e. The van der Waals surface area contributed by atoms with Crippen molar-refractivity contribution < 1.29 is 9.94 Å². The topological polar surface area (TPSA) is 32.7 Å². The van der Waals surface area contributed by atoms with E-state index in [1.54, 1.807) is 0 Å². The van der Waals surface area contributed by atoms with Gasteiger partial charge in [-0.2, -0.15) is 5.06 Å². The summed E-state index contributed by atoms with van der Waals surface area (Å²) in [7, 11) is 0. The molecule has 1 fully saturated rings. The largest absolute Gasteiger partial charge is 0.393 e. The minimum Gasteiger partial charge on any atom is -0.393 e. The van der Waals surface area contributed by atoms with Crippen molar-refractivity contribution in [3.05, 3.63) is 0 Å². The summed E-state index contributed by atoms with van der Waals surface area (Å²) >= 11 is 0. The summed E-state index contributed by atoms with van der Waals surface area (Å²) in [5.74, 6) is 0.223. The lowest BCUT2D eigenvalue weighted by Crippen LogP contribution is -2.67. The Balaban J connectivity index is 3.15. The Morgan fingerprint density at radius 2 is 1.83 bits per heavy atom. The monoisotopic (exact) mass is 257 g/mol. The Morgan fingerprint density at radius 1 is 1.28 bits per heavy atom. The van der Waals surface area contributed by atoms with Crippen molar-refractivity contribution in [2.24, 2.45) is 5.92 Å². The van der Waals surface area contributed by atoms with Gasteiger partial charge in [0.05, 0.1) is 12.2 Å². The second kappa shape index (κ2) is 5.48. The normalized spacial score (nSPS) is 42.5. The number of hydrogen-bond acceptors (Lipinski definition) is 3. The molecule has 1 aliphatic rings. The summed E-state index contributed by atoms with van der Waals surface area (Å²) in [5, 5.41) is 12.6. The number of nitrogens with zero attached hydrogens (tertiary/aromatic N) is 1. The lowest BCUT2D eigenvalue weighted by Gasteiger charge is -2.58. The molecule has 0 aromatic heterocycles. The maximum atomic E-state index is 10.4. The molecule has 1 heterocycles. The summed E-state index contributed by atoms with van der Waals surface area (Å²) in [6.45, 7) is 15.1. The van der Waals surface area contributed by atoms with Gasteiger partial charge in [-0.1, -0.05) is 20.8 Å². The van der Waals surface area contributed by atoms with Gasteiger partial charge in [0.1, 0.15) is 0 Å². The predicted molar refractivity (Wildman–Crippen MR) is 75.2 cm³/mol. The maximum absolute atomic E-state index is 10.4. The number of aliphatic hydroxyl groups is 1. The van der Waals surface area contributed by atoms with Gasteiger partial charge >= 0.3 is 0 Å². The third kappa shape index (κ3) is 2.59. The Kier molecular flexibility index (Phi) is 4.85. The highest BCUT2D eigenvalue weighted by Crippen LogP contribution is 2.45. The van der Waals surface area contributed by atoms with Crippen LogP contribution in [0.25, 0.3) is 0 Å². The summed E-state index contributed by atoms with van der Waals surface area (Å²) in [6, 6.07) is 0. The first-order chi connectivity index (χ1) is 8.21. The molecule has 1 saturated heterocycles. The van der Waals surface area contributed by atoms with Crippen molar-refractivity contribution in [2.75, 3.05) is 0 Å². The fraction of sp³-hybridized carbons (Fsp3) is 1.00. The van der Waals surface area contributed by atoms with Crippen LogP contribution in [0.1, 0.15) is 67.7 Å². The first-order valence-electron chi connectivity index (χ1n) is 7.36. The van der Waals surface area contributed by atoms with Gasteiger partial charge in [0.15, 0.2) is 0 Å². The zero-order valence-corrected chi connectivity index (χ0v) is 13.2. The zero-order chi connectivity index (χ0) is 14.1. The van der Waals surface area contributed by atoms with Crippen LogP contribution < -0.4 is 0 Å². The van der Waals surface area contributed by atoms with Crippen molar-refractivity contribution in [3.8, 4) is 0 Å². The smallest absolute Gasteiger partial charge is 0.0737 e. The molecule has 4 unspecified atom stereocenters. The third-order valence-corrected chi connectivity index (χ3v) is 4.95. The minimum absolute atomic E-state index is 0.0824. The summed E-state index contributed by atoms with van der Waals surface area (Å²) < 4.78 is 0. The average molecular weight is 257 g/mol. The molecule has 0 saturated carbocycles. The molecule has 4 atom stereocenters. The molecule has 0 aliphatic carbocycles. The second-order valence-corrected chi connectivity index (χ2v) is 6.57. The van der Waals surface area contributed by atoms with Crippen molar-refractivity contribution in [1.29, 1.82) is 0 Å². The SMILES string of the molecule is CCC1(C)CC(O)C(C)C(C)(CC)N1OC(C)C. The van der Waals surface area contributed by atoms with Gasteiger partial charge in [0, 0.05) is 17.0 Å². The minimum atomic E-state index is -0.244. The molecule has 108 valence electrons. The zero-order valence-electron chi connectivity index (χ0n) is 13.2. The molecular weight excluding hydrogens is 226 g/mol. The van der Waals surface area contributed by atoms with E-state index in [1.807, 2.05) is 0 Å². The molecule has 0 spiro atoms. The first kappa shape index (κ1) is 15.9. The molecule has 3 nitrogen and oxygen atoms in total. The van der Waals surface area contributed by atoms with Crippen LogP contribution >= 0.6 is 0 Å². The molecule has 0 amide bonds. The number of hydrogen-bond donors (Lipinski definition) is 1. The van der Waals surface area contributed by atoms with Crippen LogP contribution in [0.3, 0.4) is 0 Å². The van der Waals surface area contributed by atoms with Crippen LogP contribution in [0.15, 0.2) is 0 Å². The molecule has 0 radical (unpaired) electrons. The molecule has 3 heteroatoms. The highest BCUT2D eigenvalue weighted by Gasteiger charge is 2.53. The van der Waals surface area contributed by atoms with E-state index in [0.717, 1.165) is 19.3 Å². The van der Waals surface area contributed by atoms with Crippen LogP contribution in [-0.4, -0.2) is 33.5 Å². The van der Waals surface area contributed by atoms with E-state index in [2.05, 4.69) is 53.5 Å². The van der Waals surface area contributed by atoms with Crippen LogP contribution in [0, 0.1) is 5.92 Å². The van der Waals surface area contributed by atoms with Gasteiger partial charge in [-0.3, -0.25) is 4.84 Å². The van der Waals surface area contributed by atoms with Crippen LogP contribution in [-0.2, 0) is 4.84 Å². The lowest BCUT2D eigenvalue weighted by atomic mass is 9.69. The van der Waals surface area contributed by atoms with E-state index in [-0.39, 0.29) is 29.2 Å². The highest BCUT2D eigenvalue weighted by atomic mass is 16.7. The molecule has 1 rings (SSSR count). The highest BCUT2D eigenvalue weighted by molar-refractivity contribution is 5.03. The lowest BCUT2D eigenvalue weighted by molar-refractivity contribution is -0.331. The molecule has 0 aromatic rings. The molecular formula is C15H31NO2. The fourth-order valence-corrected chi connectivity index (χ4v) is 3.14. The second-order valence-electron chi connectivity index (χ2n) is 6.57. The third-order valence-electron chi connectivity index (χ3n) is 4.95. The molecule has 18 heavy (non-hydrogen) atoms. The van der Waals surface area contributed by atoms with E-state index < -0.39 is 0 Å². The summed E-state index contributed by atoms with van der Waals surface area (Å²) in [5.41, 5.74) is -0.187.